The van der Waals surface area contributed by atoms with Crippen LogP contribution in [-0.4, -0.2) is 25.0 Å². The molecular formula is C14H23N3O. The van der Waals surface area contributed by atoms with Crippen LogP contribution in [0.2, 0.25) is 0 Å². The molecule has 2 aliphatic rings. The summed E-state index contributed by atoms with van der Waals surface area (Å²) in [5, 5.41) is 15.4. The van der Waals surface area contributed by atoms with Gasteiger partial charge in [0.15, 0.2) is 0 Å². The van der Waals surface area contributed by atoms with Crippen molar-refractivity contribution in [3.05, 3.63) is 0 Å². The van der Waals surface area contributed by atoms with Crippen LogP contribution in [0.5, 0.6) is 0 Å². The predicted octanol–water partition coefficient (Wildman–Crippen LogP) is 1.57. The van der Waals surface area contributed by atoms with Gasteiger partial charge in [0.1, 0.15) is 0 Å². The Morgan fingerprint density at radius 1 is 1.28 bits per heavy atom. The monoisotopic (exact) mass is 249 g/mol. The second-order valence-corrected chi connectivity index (χ2v) is 5.57. The molecule has 4 heteroatoms. The van der Waals surface area contributed by atoms with Gasteiger partial charge in [0.25, 0.3) is 0 Å². The lowest BCUT2D eigenvalue weighted by molar-refractivity contribution is -0.122. The van der Waals surface area contributed by atoms with Gasteiger partial charge in [-0.2, -0.15) is 5.26 Å². The fourth-order valence-electron chi connectivity index (χ4n) is 3.07. The van der Waals surface area contributed by atoms with Crippen LogP contribution < -0.4 is 10.6 Å². The quantitative estimate of drug-likeness (QED) is 0.795. The lowest BCUT2D eigenvalue weighted by Crippen LogP contribution is -2.37. The minimum absolute atomic E-state index is 0.0350. The molecule has 1 saturated carbocycles. The molecule has 0 bridgehead atoms. The summed E-state index contributed by atoms with van der Waals surface area (Å²) in [7, 11) is 0. The molecule has 1 heterocycles. The molecule has 2 unspecified atom stereocenters. The van der Waals surface area contributed by atoms with Crippen LogP contribution in [0.25, 0.3) is 0 Å². The number of hydrogen-bond acceptors (Lipinski definition) is 3. The fraction of sp³-hybridized carbons (Fsp3) is 0.857. The summed E-state index contributed by atoms with van der Waals surface area (Å²) in [6.07, 6.45) is 6.98. The largest absolute Gasteiger partial charge is 0.352 e. The van der Waals surface area contributed by atoms with E-state index >= 15 is 0 Å². The SMILES string of the molecule is N#CC1CCCC1NC(=O)CCC1CCNCC1. The zero-order chi connectivity index (χ0) is 12.8. The van der Waals surface area contributed by atoms with Gasteiger partial charge in [0.05, 0.1) is 12.0 Å². The molecule has 4 nitrogen and oxygen atoms in total. The third-order valence-corrected chi connectivity index (χ3v) is 4.27. The first-order chi connectivity index (χ1) is 8.79. The summed E-state index contributed by atoms with van der Waals surface area (Å²) in [4.78, 5) is 11.9. The van der Waals surface area contributed by atoms with Crippen LogP contribution >= 0.6 is 0 Å². The first-order valence-corrected chi connectivity index (χ1v) is 7.19. The van der Waals surface area contributed by atoms with E-state index in [1.165, 1.54) is 12.8 Å². The van der Waals surface area contributed by atoms with Crippen LogP contribution in [0.15, 0.2) is 0 Å². The van der Waals surface area contributed by atoms with Crippen molar-refractivity contribution in [2.45, 2.75) is 51.0 Å². The molecule has 0 aromatic rings. The van der Waals surface area contributed by atoms with Crippen molar-refractivity contribution in [1.82, 2.24) is 10.6 Å². The highest BCUT2D eigenvalue weighted by molar-refractivity contribution is 5.76. The Labute approximate surface area is 109 Å². The Morgan fingerprint density at radius 3 is 2.78 bits per heavy atom. The molecule has 0 aromatic carbocycles. The number of carbonyl (C=O) groups is 1. The molecule has 0 spiro atoms. The number of amides is 1. The number of nitrogens with one attached hydrogen (secondary N) is 2. The second kappa shape index (κ2) is 6.75. The van der Waals surface area contributed by atoms with Crippen LogP contribution in [0.3, 0.4) is 0 Å². The summed E-state index contributed by atoms with van der Waals surface area (Å²) >= 11 is 0. The van der Waals surface area contributed by atoms with E-state index in [2.05, 4.69) is 16.7 Å². The predicted molar refractivity (Wildman–Crippen MR) is 69.7 cm³/mol. The highest BCUT2D eigenvalue weighted by atomic mass is 16.1. The highest BCUT2D eigenvalue weighted by Gasteiger charge is 2.28. The molecule has 0 radical (unpaired) electrons. The number of nitrogens with zero attached hydrogens (tertiary/aromatic N) is 1. The summed E-state index contributed by atoms with van der Waals surface area (Å²) in [5.74, 6) is 0.876. The molecular weight excluding hydrogens is 226 g/mol. The minimum Gasteiger partial charge on any atom is -0.352 e. The van der Waals surface area contributed by atoms with Crippen LogP contribution in [0.1, 0.15) is 44.9 Å². The van der Waals surface area contributed by atoms with Crippen molar-refractivity contribution in [2.24, 2.45) is 11.8 Å². The Balaban J connectivity index is 1.67. The molecule has 100 valence electrons. The smallest absolute Gasteiger partial charge is 0.220 e. The Bertz CT molecular complexity index is 317. The molecule has 1 saturated heterocycles. The van der Waals surface area contributed by atoms with Crippen LogP contribution in [-0.2, 0) is 4.79 Å². The Kier molecular flexibility index (Phi) is 5.00. The first-order valence-electron chi connectivity index (χ1n) is 7.19. The third-order valence-electron chi connectivity index (χ3n) is 4.27. The van der Waals surface area contributed by atoms with E-state index < -0.39 is 0 Å². The fourth-order valence-corrected chi connectivity index (χ4v) is 3.07. The molecule has 1 aliphatic carbocycles. The standard InChI is InChI=1S/C14H23N3O/c15-10-12-2-1-3-13(12)17-14(18)5-4-11-6-8-16-9-7-11/h11-13,16H,1-9H2,(H,17,18). The second-order valence-electron chi connectivity index (χ2n) is 5.57. The first kappa shape index (κ1) is 13.4. The van der Waals surface area contributed by atoms with Crippen LogP contribution in [0.4, 0.5) is 0 Å². The topological polar surface area (TPSA) is 64.9 Å². The van der Waals surface area contributed by atoms with E-state index in [1.807, 2.05) is 0 Å². The van der Waals surface area contributed by atoms with Gasteiger partial charge >= 0.3 is 0 Å². The van der Waals surface area contributed by atoms with Gasteiger partial charge in [-0.25, -0.2) is 0 Å². The molecule has 2 rings (SSSR count). The Morgan fingerprint density at radius 2 is 2.06 bits per heavy atom. The van der Waals surface area contributed by atoms with E-state index in [9.17, 15) is 4.79 Å². The molecule has 2 atom stereocenters. The van der Waals surface area contributed by atoms with Gasteiger partial charge in [-0.05, 0) is 57.5 Å². The average Bonchev–Trinajstić information content (AvgIpc) is 2.85. The van der Waals surface area contributed by atoms with Gasteiger partial charge in [-0.15, -0.1) is 0 Å². The molecule has 18 heavy (non-hydrogen) atoms. The molecule has 1 amide bonds. The summed E-state index contributed by atoms with van der Waals surface area (Å²) < 4.78 is 0. The van der Waals surface area contributed by atoms with E-state index in [0.29, 0.717) is 12.3 Å². The zero-order valence-corrected chi connectivity index (χ0v) is 11.0. The average molecular weight is 249 g/mol. The van der Waals surface area contributed by atoms with Crippen LogP contribution in [0, 0.1) is 23.2 Å². The maximum atomic E-state index is 11.9. The molecule has 0 aromatic heterocycles. The highest BCUT2D eigenvalue weighted by Crippen LogP contribution is 2.25. The lowest BCUT2D eigenvalue weighted by Gasteiger charge is -2.22. The van der Waals surface area contributed by atoms with Crippen molar-refractivity contribution >= 4 is 5.91 Å². The van der Waals surface area contributed by atoms with Crippen molar-refractivity contribution in [1.29, 1.82) is 5.26 Å². The van der Waals surface area contributed by atoms with Crippen molar-refractivity contribution < 1.29 is 4.79 Å². The van der Waals surface area contributed by atoms with Crippen molar-refractivity contribution in [3.63, 3.8) is 0 Å². The van der Waals surface area contributed by atoms with Gasteiger partial charge in [0.2, 0.25) is 5.91 Å². The van der Waals surface area contributed by atoms with Gasteiger partial charge in [-0.1, -0.05) is 0 Å². The summed E-state index contributed by atoms with van der Waals surface area (Å²) in [6, 6.07) is 2.41. The number of nitriles is 1. The van der Waals surface area contributed by atoms with Gasteiger partial charge in [-0.3, -0.25) is 4.79 Å². The number of rotatable bonds is 4. The number of carbonyl (C=O) groups excluding carboxylic acids is 1. The third kappa shape index (κ3) is 3.71. The normalized spacial score (nSPS) is 28.8. The van der Waals surface area contributed by atoms with E-state index in [-0.39, 0.29) is 17.9 Å². The van der Waals surface area contributed by atoms with Crippen molar-refractivity contribution in [3.8, 4) is 6.07 Å². The maximum Gasteiger partial charge on any atom is 0.220 e. The van der Waals surface area contributed by atoms with E-state index in [0.717, 1.165) is 38.8 Å². The van der Waals surface area contributed by atoms with E-state index in [1.54, 1.807) is 0 Å². The molecule has 2 fully saturated rings. The van der Waals surface area contributed by atoms with E-state index in [4.69, 9.17) is 5.26 Å². The summed E-state index contributed by atoms with van der Waals surface area (Å²) in [6.45, 7) is 2.18. The van der Waals surface area contributed by atoms with Crippen molar-refractivity contribution in [2.75, 3.05) is 13.1 Å². The maximum absolute atomic E-state index is 11.9. The summed E-state index contributed by atoms with van der Waals surface area (Å²) in [5.41, 5.74) is 0. The van der Waals surface area contributed by atoms with Gasteiger partial charge in [0, 0.05) is 12.5 Å². The Hall–Kier alpha value is -1.08. The molecule has 2 N–H and O–H groups in total. The number of hydrogen-bond donors (Lipinski definition) is 2. The van der Waals surface area contributed by atoms with Gasteiger partial charge < -0.3 is 10.6 Å². The molecule has 1 aliphatic heterocycles. The number of piperidine rings is 1. The zero-order valence-electron chi connectivity index (χ0n) is 11.0. The minimum atomic E-state index is 0.0350. The lowest BCUT2D eigenvalue weighted by atomic mass is 9.93.